The summed E-state index contributed by atoms with van der Waals surface area (Å²) in [4.78, 5) is 6.82. The van der Waals surface area contributed by atoms with Crippen molar-refractivity contribution in [3.8, 4) is 5.75 Å². The zero-order valence-corrected chi connectivity index (χ0v) is 9.87. The lowest BCUT2D eigenvalue weighted by molar-refractivity contribution is 0.145. The highest BCUT2D eigenvalue weighted by Crippen LogP contribution is 2.40. The number of hydrogen-bond donors (Lipinski definition) is 1. The van der Waals surface area contributed by atoms with Crippen LogP contribution >= 0.6 is 0 Å². The van der Waals surface area contributed by atoms with Crippen molar-refractivity contribution in [1.82, 2.24) is 4.98 Å². The first-order valence-electron chi connectivity index (χ1n) is 5.73. The molecule has 2 heterocycles. The van der Waals surface area contributed by atoms with Crippen LogP contribution < -0.4 is 9.80 Å². The maximum absolute atomic E-state index is 13.0. The Morgan fingerprint density at radius 1 is 1.16 bits per heavy atom. The Labute approximate surface area is 108 Å². The molecular formula is C13H11F2N3O. The smallest absolute Gasteiger partial charge is 0.316 e. The van der Waals surface area contributed by atoms with E-state index >= 15 is 0 Å². The molecule has 0 fully saturated rings. The number of halogens is 2. The van der Waals surface area contributed by atoms with E-state index in [9.17, 15) is 13.9 Å². The fraction of sp³-hybridized carbons (Fsp3) is 0.154. The van der Waals surface area contributed by atoms with Crippen molar-refractivity contribution in [2.24, 2.45) is 0 Å². The van der Waals surface area contributed by atoms with Gasteiger partial charge in [-0.3, -0.25) is 4.90 Å². The van der Waals surface area contributed by atoms with Gasteiger partial charge in [0.05, 0.1) is 5.69 Å². The number of rotatable bonds is 2. The lowest BCUT2D eigenvalue weighted by Crippen LogP contribution is -2.32. The zero-order chi connectivity index (χ0) is 13.4. The topological polar surface area (TPSA) is 39.6 Å². The Morgan fingerprint density at radius 3 is 2.58 bits per heavy atom. The van der Waals surface area contributed by atoms with Crippen LogP contribution in [0.2, 0.25) is 0 Å². The predicted molar refractivity (Wildman–Crippen MR) is 67.8 cm³/mol. The summed E-state index contributed by atoms with van der Waals surface area (Å²) in [6.45, 7) is -2.54. The minimum absolute atomic E-state index is 0.0365. The van der Waals surface area contributed by atoms with Gasteiger partial charge in [-0.15, -0.1) is 0 Å². The SMILES string of the molecule is Oc1ccc(N2CN(C(F)F)c3cccnc32)cc1. The monoisotopic (exact) mass is 263 g/mol. The average Bonchev–Trinajstić information content (AvgIpc) is 2.79. The van der Waals surface area contributed by atoms with E-state index in [0.29, 0.717) is 17.2 Å². The molecule has 0 amide bonds. The normalized spacial score (nSPS) is 14.1. The Balaban J connectivity index is 2.03. The van der Waals surface area contributed by atoms with Crippen LogP contribution in [0.5, 0.6) is 5.75 Å². The summed E-state index contributed by atoms with van der Waals surface area (Å²) < 4.78 is 26.0. The van der Waals surface area contributed by atoms with Crippen molar-refractivity contribution in [2.75, 3.05) is 16.5 Å². The molecule has 19 heavy (non-hydrogen) atoms. The Bertz CT molecular complexity index is 589. The molecule has 1 aromatic heterocycles. The highest BCUT2D eigenvalue weighted by molar-refractivity contribution is 5.79. The molecule has 1 N–H and O–H groups in total. The van der Waals surface area contributed by atoms with Gasteiger partial charge in [-0.25, -0.2) is 4.98 Å². The van der Waals surface area contributed by atoms with Crippen LogP contribution in [0.3, 0.4) is 0 Å². The second kappa shape index (κ2) is 4.38. The molecule has 98 valence electrons. The first kappa shape index (κ1) is 11.7. The van der Waals surface area contributed by atoms with Crippen molar-refractivity contribution in [3.05, 3.63) is 42.6 Å². The minimum atomic E-state index is -2.58. The van der Waals surface area contributed by atoms with Crippen molar-refractivity contribution < 1.29 is 13.9 Å². The number of phenols is 1. The molecule has 0 saturated heterocycles. The molecule has 0 saturated carbocycles. The Morgan fingerprint density at radius 2 is 1.89 bits per heavy atom. The lowest BCUT2D eigenvalue weighted by Gasteiger charge is -2.20. The van der Waals surface area contributed by atoms with Gasteiger partial charge in [0.2, 0.25) is 0 Å². The van der Waals surface area contributed by atoms with Crippen molar-refractivity contribution >= 4 is 17.2 Å². The van der Waals surface area contributed by atoms with E-state index in [0.717, 1.165) is 4.90 Å². The number of phenolic OH excluding ortho intramolecular Hbond substituents is 1. The number of nitrogens with zero attached hydrogens (tertiary/aromatic N) is 3. The maximum atomic E-state index is 13.0. The summed E-state index contributed by atoms with van der Waals surface area (Å²) >= 11 is 0. The number of aromatic hydroxyl groups is 1. The van der Waals surface area contributed by atoms with Crippen molar-refractivity contribution in [3.63, 3.8) is 0 Å². The number of alkyl halides is 2. The van der Waals surface area contributed by atoms with E-state index < -0.39 is 6.55 Å². The van der Waals surface area contributed by atoms with Crippen molar-refractivity contribution in [2.45, 2.75) is 6.55 Å². The van der Waals surface area contributed by atoms with Gasteiger partial charge in [0.15, 0.2) is 5.82 Å². The quantitative estimate of drug-likeness (QED) is 0.846. The van der Waals surface area contributed by atoms with E-state index in [4.69, 9.17) is 0 Å². The number of benzene rings is 1. The molecule has 1 aliphatic heterocycles. The van der Waals surface area contributed by atoms with Gasteiger partial charge < -0.3 is 10.0 Å². The third kappa shape index (κ3) is 1.95. The molecule has 0 atom stereocenters. The third-order valence-corrected chi connectivity index (χ3v) is 3.02. The van der Waals surface area contributed by atoms with Crippen LogP contribution in [0.4, 0.5) is 26.0 Å². The van der Waals surface area contributed by atoms with E-state index in [1.807, 2.05) is 0 Å². The maximum Gasteiger partial charge on any atom is 0.316 e. The standard InChI is InChI=1S/C13H11F2N3O/c14-13(15)18-8-17(9-3-5-10(19)6-4-9)12-11(18)2-1-7-16-12/h1-7,13,19H,8H2. The van der Waals surface area contributed by atoms with Gasteiger partial charge in [-0.05, 0) is 36.4 Å². The predicted octanol–water partition coefficient (Wildman–Crippen LogP) is 2.93. The molecule has 0 spiro atoms. The Hall–Kier alpha value is -2.37. The van der Waals surface area contributed by atoms with Gasteiger partial charge in [0.25, 0.3) is 0 Å². The molecule has 0 unspecified atom stereocenters. The first-order valence-corrected chi connectivity index (χ1v) is 5.73. The third-order valence-electron chi connectivity index (χ3n) is 3.02. The fourth-order valence-corrected chi connectivity index (χ4v) is 2.12. The van der Waals surface area contributed by atoms with E-state index in [1.54, 1.807) is 35.4 Å². The van der Waals surface area contributed by atoms with E-state index in [1.165, 1.54) is 12.1 Å². The number of hydrogen-bond acceptors (Lipinski definition) is 4. The summed E-state index contributed by atoms with van der Waals surface area (Å²) in [5, 5.41) is 9.27. The van der Waals surface area contributed by atoms with E-state index in [-0.39, 0.29) is 12.4 Å². The number of anilines is 3. The number of aromatic nitrogens is 1. The Kier molecular flexibility index (Phi) is 2.70. The number of pyridine rings is 1. The molecule has 0 aliphatic carbocycles. The van der Waals surface area contributed by atoms with Gasteiger partial charge in [0.1, 0.15) is 12.4 Å². The fourth-order valence-electron chi connectivity index (χ4n) is 2.12. The number of fused-ring (bicyclic) bond motifs is 1. The molecule has 0 bridgehead atoms. The minimum Gasteiger partial charge on any atom is -0.508 e. The zero-order valence-electron chi connectivity index (χ0n) is 9.87. The second-order valence-corrected chi connectivity index (χ2v) is 4.18. The van der Waals surface area contributed by atoms with Crippen LogP contribution in [0, 0.1) is 0 Å². The highest BCUT2D eigenvalue weighted by Gasteiger charge is 2.32. The average molecular weight is 263 g/mol. The molecular weight excluding hydrogens is 252 g/mol. The summed E-state index contributed by atoms with van der Waals surface area (Å²) in [5.41, 5.74) is 1.12. The van der Waals surface area contributed by atoms with Gasteiger partial charge >= 0.3 is 6.55 Å². The summed E-state index contributed by atoms with van der Waals surface area (Å²) in [6.07, 6.45) is 1.57. The lowest BCUT2D eigenvalue weighted by atomic mass is 10.3. The molecule has 1 aromatic carbocycles. The molecule has 2 aromatic rings. The molecule has 4 nitrogen and oxygen atoms in total. The molecule has 0 radical (unpaired) electrons. The first-order chi connectivity index (χ1) is 9.16. The molecule has 6 heteroatoms. The van der Waals surface area contributed by atoms with Crippen molar-refractivity contribution in [1.29, 1.82) is 0 Å². The van der Waals surface area contributed by atoms with Crippen LogP contribution in [-0.2, 0) is 0 Å². The van der Waals surface area contributed by atoms with Gasteiger partial charge in [-0.1, -0.05) is 0 Å². The summed E-state index contributed by atoms with van der Waals surface area (Å²) in [5.74, 6) is 0.628. The van der Waals surface area contributed by atoms with Crippen LogP contribution in [-0.4, -0.2) is 23.3 Å². The van der Waals surface area contributed by atoms with Gasteiger partial charge in [0, 0.05) is 11.9 Å². The van der Waals surface area contributed by atoms with Crippen LogP contribution in [0.25, 0.3) is 0 Å². The summed E-state index contributed by atoms with van der Waals surface area (Å²) in [6, 6.07) is 9.63. The highest BCUT2D eigenvalue weighted by atomic mass is 19.3. The van der Waals surface area contributed by atoms with E-state index in [2.05, 4.69) is 4.98 Å². The largest absolute Gasteiger partial charge is 0.508 e. The molecule has 1 aliphatic rings. The van der Waals surface area contributed by atoms with Crippen LogP contribution in [0.15, 0.2) is 42.6 Å². The van der Waals surface area contributed by atoms with Gasteiger partial charge in [-0.2, -0.15) is 8.78 Å². The molecule has 3 rings (SSSR count). The summed E-state index contributed by atoms with van der Waals surface area (Å²) in [7, 11) is 0. The van der Waals surface area contributed by atoms with Crippen LogP contribution in [0.1, 0.15) is 0 Å². The second-order valence-electron chi connectivity index (χ2n) is 4.18.